The van der Waals surface area contributed by atoms with Gasteiger partial charge in [0, 0.05) is 10.8 Å². The Hall–Kier alpha value is -2.56. The zero-order valence-corrected chi connectivity index (χ0v) is 21.7. The average molecular weight is 488 g/mol. The van der Waals surface area contributed by atoms with E-state index in [9.17, 15) is 4.79 Å². The minimum Gasteiger partial charge on any atom is -0.454 e. The second-order valence-electron chi connectivity index (χ2n) is 12.1. The number of ether oxygens (including phenoxy) is 2. The summed E-state index contributed by atoms with van der Waals surface area (Å²) in [6, 6.07) is 9.75. The van der Waals surface area contributed by atoms with Gasteiger partial charge in [0.2, 0.25) is 0 Å². The summed E-state index contributed by atoms with van der Waals surface area (Å²) in [7, 11) is 0. The fourth-order valence-corrected chi connectivity index (χ4v) is 8.60. The number of allylic oxidation sites excluding steroid dienone is 2. The van der Waals surface area contributed by atoms with E-state index in [-0.39, 0.29) is 17.3 Å². The van der Waals surface area contributed by atoms with E-state index in [1.165, 1.54) is 23.1 Å². The van der Waals surface area contributed by atoms with E-state index < -0.39 is 11.6 Å². The Morgan fingerprint density at radius 1 is 1.19 bits per heavy atom. The summed E-state index contributed by atoms with van der Waals surface area (Å²) < 4.78 is 12.4. The number of carbonyl (C=O) groups is 1. The predicted octanol–water partition coefficient (Wildman–Crippen LogP) is 7.07. The normalized spacial score (nSPS) is 41.2. The van der Waals surface area contributed by atoms with Crippen LogP contribution in [0.4, 0.5) is 0 Å². The molecule has 0 N–H and O–H groups in total. The third-order valence-electron chi connectivity index (χ3n) is 10.7. The van der Waals surface area contributed by atoms with E-state index >= 15 is 0 Å². The Labute approximate surface area is 213 Å². The zero-order valence-electron chi connectivity index (χ0n) is 21.7. The molecule has 3 fully saturated rings. The van der Waals surface area contributed by atoms with Crippen molar-refractivity contribution in [2.24, 2.45) is 34.2 Å². The second kappa shape index (κ2) is 8.78. The maximum absolute atomic E-state index is 12.6. The summed E-state index contributed by atoms with van der Waals surface area (Å²) in [6.07, 6.45) is 10.3. The zero-order chi connectivity index (χ0) is 25.1. The van der Waals surface area contributed by atoms with E-state index in [4.69, 9.17) is 15.0 Å². The summed E-state index contributed by atoms with van der Waals surface area (Å²) >= 11 is 0. The third kappa shape index (κ3) is 3.48. The smallest absolute Gasteiger partial charge is 0.316 e. The second-order valence-corrected chi connectivity index (χ2v) is 12.1. The molecule has 36 heavy (non-hydrogen) atoms. The maximum atomic E-state index is 12.6. The molecule has 6 heteroatoms. The van der Waals surface area contributed by atoms with Crippen LogP contribution in [-0.2, 0) is 20.9 Å². The van der Waals surface area contributed by atoms with Gasteiger partial charge in [0.1, 0.15) is 11.6 Å². The molecule has 2 saturated carbocycles. The number of azide groups is 1. The molecule has 1 aromatic rings. The first-order valence-electron chi connectivity index (χ1n) is 13.7. The molecule has 0 bridgehead atoms. The van der Waals surface area contributed by atoms with Crippen molar-refractivity contribution in [2.75, 3.05) is 0 Å². The molecule has 0 unspecified atom stereocenters. The van der Waals surface area contributed by atoms with Crippen LogP contribution >= 0.6 is 0 Å². The first-order valence-corrected chi connectivity index (χ1v) is 13.7. The van der Waals surface area contributed by atoms with Crippen molar-refractivity contribution in [1.29, 1.82) is 0 Å². The molecule has 8 atom stereocenters. The van der Waals surface area contributed by atoms with Crippen molar-refractivity contribution in [3.8, 4) is 0 Å². The van der Waals surface area contributed by atoms with Gasteiger partial charge >= 0.3 is 5.97 Å². The summed E-state index contributed by atoms with van der Waals surface area (Å²) in [5.41, 5.74) is 14.2. The van der Waals surface area contributed by atoms with Gasteiger partial charge in [0.15, 0.2) is 0 Å². The summed E-state index contributed by atoms with van der Waals surface area (Å²) in [5.74, 6) is 1.39. The lowest BCUT2D eigenvalue weighted by Crippen LogP contribution is -2.43. The quantitative estimate of drug-likeness (QED) is 0.150. The van der Waals surface area contributed by atoms with Gasteiger partial charge in [-0.15, -0.1) is 0 Å². The van der Waals surface area contributed by atoms with E-state index in [2.05, 4.69) is 54.2 Å². The summed E-state index contributed by atoms with van der Waals surface area (Å²) in [6.45, 7) is 7.40. The van der Waals surface area contributed by atoms with Crippen LogP contribution in [-0.4, -0.2) is 23.7 Å². The van der Waals surface area contributed by atoms with Gasteiger partial charge in [-0.25, -0.2) is 0 Å². The lowest BCUT2D eigenvalue weighted by Gasteiger charge is -2.49. The van der Waals surface area contributed by atoms with Crippen LogP contribution in [0.5, 0.6) is 0 Å². The fraction of sp³-hybridized carbons (Fsp3) is 0.633. The number of rotatable bonds is 4. The number of nitrogens with zero attached hydrogens (tertiary/aromatic N) is 3. The number of hydrogen-bond donors (Lipinski definition) is 0. The molecular weight excluding hydrogens is 450 g/mol. The van der Waals surface area contributed by atoms with Crippen molar-refractivity contribution in [3.05, 3.63) is 69.1 Å². The van der Waals surface area contributed by atoms with Gasteiger partial charge in [-0.05, 0) is 91.7 Å². The number of esters is 1. The molecule has 4 aliphatic carbocycles. The van der Waals surface area contributed by atoms with Crippen molar-refractivity contribution < 1.29 is 14.3 Å². The lowest BCUT2D eigenvalue weighted by molar-refractivity contribution is -0.148. The first kappa shape index (κ1) is 23.8. The molecule has 6 rings (SSSR count). The molecule has 5 aliphatic rings. The Morgan fingerprint density at radius 3 is 2.78 bits per heavy atom. The van der Waals surface area contributed by atoms with Crippen molar-refractivity contribution in [3.63, 3.8) is 0 Å². The van der Waals surface area contributed by atoms with Gasteiger partial charge < -0.3 is 9.47 Å². The van der Waals surface area contributed by atoms with E-state index in [1.54, 1.807) is 5.57 Å². The molecule has 1 saturated heterocycles. The summed E-state index contributed by atoms with van der Waals surface area (Å²) in [5, 5.41) is 3.80. The Kier molecular flexibility index (Phi) is 5.81. The monoisotopic (exact) mass is 487 g/mol. The standard InChI is InChI=1S/C30H37N3O3/c1-18-25-16-26-24(23(25)12-14-30(18)19(2)27(32-33-31)28(34)36-30)10-9-21-15-22(11-13-29(21,26)3)35-17-20-7-5-4-6-8-20/h4-9,19,22-24,26-27H,10-17H2,1-3H3/t19-,22+,23+,24+,26+,27+,29+,30+/m1/s1. The highest BCUT2D eigenvalue weighted by Gasteiger charge is 2.60. The fourth-order valence-electron chi connectivity index (χ4n) is 8.60. The minimum absolute atomic E-state index is 0.126. The largest absolute Gasteiger partial charge is 0.454 e. The number of carbonyl (C=O) groups excluding carboxylic acids is 1. The maximum Gasteiger partial charge on any atom is 0.316 e. The highest BCUT2D eigenvalue weighted by Crippen LogP contribution is 2.64. The topological polar surface area (TPSA) is 84.3 Å². The van der Waals surface area contributed by atoms with Gasteiger partial charge in [0.25, 0.3) is 0 Å². The Morgan fingerprint density at radius 2 is 2.00 bits per heavy atom. The number of benzene rings is 1. The minimum atomic E-state index is -0.720. The molecule has 1 heterocycles. The van der Waals surface area contributed by atoms with Crippen LogP contribution in [0.25, 0.3) is 10.4 Å². The molecule has 1 aliphatic heterocycles. The first-order chi connectivity index (χ1) is 17.4. The lowest BCUT2D eigenvalue weighted by atomic mass is 9.56. The third-order valence-corrected chi connectivity index (χ3v) is 10.7. The van der Waals surface area contributed by atoms with E-state index in [0.717, 1.165) is 38.5 Å². The predicted molar refractivity (Wildman–Crippen MR) is 138 cm³/mol. The van der Waals surface area contributed by atoms with Crippen molar-refractivity contribution in [1.82, 2.24) is 0 Å². The molecule has 1 aromatic carbocycles. The van der Waals surface area contributed by atoms with Crippen molar-refractivity contribution >= 4 is 5.97 Å². The average Bonchev–Trinajstić information content (AvgIpc) is 3.38. The Balaban J connectivity index is 1.22. The molecule has 6 nitrogen and oxygen atoms in total. The molecule has 1 spiro atoms. The van der Waals surface area contributed by atoms with Crippen LogP contribution in [0.2, 0.25) is 0 Å². The number of fused-ring (bicyclic) bond motifs is 5. The highest BCUT2D eigenvalue weighted by molar-refractivity contribution is 5.80. The SMILES string of the molecule is CC1=C2C[C@H]3[C@@H](CC=C4C[C@@H](OCc5ccccc5)CC[C@@]43C)[C@@H]2CC[C@]12OC(=O)[C@@H](N=[N+]=[N-])[C@H]2C. The highest BCUT2D eigenvalue weighted by atomic mass is 16.6. The van der Waals surface area contributed by atoms with Crippen LogP contribution in [0, 0.1) is 29.1 Å². The van der Waals surface area contributed by atoms with Gasteiger partial charge in [-0.1, -0.05) is 66.5 Å². The van der Waals surface area contributed by atoms with Crippen LogP contribution in [0.3, 0.4) is 0 Å². The van der Waals surface area contributed by atoms with Crippen LogP contribution in [0.1, 0.15) is 71.3 Å². The Bertz CT molecular complexity index is 1170. The number of hydrogen-bond acceptors (Lipinski definition) is 4. The van der Waals surface area contributed by atoms with Crippen LogP contribution in [0.15, 0.2) is 58.2 Å². The molecule has 190 valence electrons. The van der Waals surface area contributed by atoms with Crippen molar-refractivity contribution in [2.45, 2.75) is 90.1 Å². The summed E-state index contributed by atoms with van der Waals surface area (Å²) in [4.78, 5) is 15.5. The van der Waals surface area contributed by atoms with Gasteiger partial charge in [-0.3, -0.25) is 4.79 Å². The molecule has 0 radical (unpaired) electrons. The van der Waals surface area contributed by atoms with E-state index in [1.807, 2.05) is 13.0 Å². The molecule has 0 amide bonds. The van der Waals surface area contributed by atoms with Crippen LogP contribution < -0.4 is 0 Å². The molecular formula is C30H37N3O3. The van der Waals surface area contributed by atoms with Gasteiger partial charge in [-0.2, -0.15) is 0 Å². The van der Waals surface area contributed by atoms with Gasteiger partial charge in [0.05, 0.1) is 12.7 Å². The molecule has 0 aromatic heterocycles. The van der Waals surface area contributed by atoms with E-state index in [0.29, 0.717) is 30.5 Å².